The maximum absolute atomic E-state index is 12.3. The molecule has 0 saturated carbocycles. The first-order valence-electron chi connectivity index (χ1n) is 10.8. The van der Waals surface area contributed by atoms with E-state index in [1.54, 1.807) is 4.90 Å². The van der Waals surface area contributed by atoms with Crippen LogP contribution in [0.2, 0.25) is 0 Å². The number of piperidine rings is 1. The SMILES string of the molecule is CC(C)(C)OC(=O)N1CCC(C[C@@H](CCC(=O)O)c2cnc3ccccc3c2)CC1. The molecule has 162 valence electrons. The quantitative estimate of drug-likeness (QED) is 0.703. The van der Waals surface area contributed by atoms with Crippen LogP contribution < -0.4 is 0 Å². The number of carboxylic acid groups (broad SMARTS) is 1. The number of likely N-dealkylation sites (tertiary alicyclic amines) is 1. The lowest BCUT2D eigenvalue weighted by Crippen LogP contribution is -2.41. The van der Waals surface area contributed by atoms with Gasteiger partial charge in [-0.3, -0.25) is 9.78 Å². The predicted octanol–water partition coefficient (Wildman–Crippen LogP) is 5.22. The van der Waals surface area contributed by atoms with Gasteiger partial charge in [0.05, 0.1) is 5.52 Å². The summed E-state index contributed by atoms with van der Waals surface area (Å²) in [6.45, 7) is 7.00. The third-order valence-electron chi connectivity index (χ3n) is 5.67. The number of carbonyl (C=O) groups is 2. The molecule has 0 spiro atoms. The Balaban J connectivity index is 1.65. The van der Waals surface area contributed by atoms with Gasteiger partial charge in [0.2, 0.25) is 0 Å². The molecule has 30 heavy (non-hydrogen) atoms. The topological polar surface area (TPSA) is 79.7 Å². The second-order valence-corrected chi connectivity index (χ2v) is 9.24. The molecule has 1 N–H and O–H groups in total. The predicted molar refractivity (Wildman–Crippen MR) is 117 cm³/mol. The lowest BCUT2D eigenvalue weighted by atomic mass is 9.82. The van der Waals surface area contributed by atoms with Crippen LogP contribution in [0, 0.1) is 5.92 Å². The average Bonchev–Trinajstić information content (AvgIpc) is 2.69. The lowest BCUT2D eigenvalue weighted by Gasteiger charge is -2.34. The average molecular weight is 413 g/mol. The van der Waals surface area contributed by atoms with E-state index >= 15 is 0 Å². The molecule has 2 heterocycles. The molecule has 0 radical (unpaired) electrons. The Hall–Kier alpha value is -2.63. The molecule has 1 aliphatic rings. The molecule has 0 aliphatic carbocycles. The number of carbonyl (C=O) groups excluding carboxylic acids is 1. The summed E-state index contributed by atoms with van der Waals surface area (Å²) in [5.74, 6) is -0.168. The van der Waals surface area contributed by atoms with Gasteiger partial charge in [-0.25, -0.2) is 4.79 Å². The Morgan fingerprint density at radius 1 is 1.23 bits per heavy atom. The first kappa shape index (κ1) is 22.1. The van der Waals surface area contributed by atoms with Gasteiger partial charge in [-0.1, -0.05) is 18.2 Å². The smallest absolute Gasteiger partial charge is 0.410 e. The maximum Gasteiger partial charge on any atom is 0.410 e. The summed E-state index contributed by atoms with van der Waals surface area (Å²) in [5.41, 5.74) is 1.56. The molecule has 1 atom stereocenters. The highest BCUT2D eigenvalue weighted by Crippen LogP contribution is 2.34. The van der Waals surface area contributed by atoms with Gasteiger partial charge in [0, 0.05) is 31.1 Å². The number of pyridine rings is 1. The van der Waals surface area contributed by atoms with E-state index in [1.807, 2.05) is 51.2 Å². The highest BCUT2D eigenvalue weighted by atomic mass is 16.6. The summed E-state index contributed by atoms with van der Waals surface area (Å²) in [4.78, 5) is 29.9. The number of amides is 1. The number of rotatable bonds is 6. The van der Waals surface area contributed by atoms with Gasteiger partial charge in [-0.05, 0) is 76.0 Å². The van der Waals surface area contributed by atoms with Crippen LogP contribution in [0.15, 0.2) is 36.5 Å². The van der Waals surface area contributed by atoms with Crippen LogP contribution in [0.3, 0.4) is 0 Å². The molecular weight excluding hydrogens is 380 g/mol. The Labute approximate surface area is 178 Å². The fourth-order valence-corrected chi connectivity index (χ4v) is 4.11. The summed E-state index contributed by atoms with van der Waals surface area (Å²) < 4.78 is 5.48. The van der Waals surface area contributed by atoms with Gasteiger partial charge >= 0.3 is 12.1 Å². The third kappa shape index (κ3) is 6.18. The van der Waals surface area contributed by atoms with Crippen molar-refractivity contribution in [3.63, 3.8) is 0 Å². The van der Waals surface area contributed by atoms with Gasteiger partial charge in [-0.2, -0.15) is 0 Å². The number of nitrogens with zero attached hydrogens (tertiary/aromatic N) is 2. The highest BCUT2D eigenvalue weighted by molar-refractivity contribution is 5.78. The molecule has 0 bridgehead atoms. The zero-order valence-electron chi connectivity index (χ0n) is 18.1. The van der Waals surface area contributed by atoms with Crippen molar-refractivity contribution in [1.82, 2.24) is 9.88 Å². The molecule has 6 heteroatoms. The molecule has 2 aromatic rings. The molecule has 1 aliphatic heterocycles. The monoisotopic (exact) mass is 412 g/mol. The maximum atomic E-state index is 12.3. The first-order chi connectivity index (χ1) is 14.2. The zero-order chi connectivity index (χ0) is 21.7. The number of hydrogen-bond donors (Lipinski definition) is 1. The first-order valence-corrected chi connectivity index (χ1v) is 10.8. The lowest BCUT2D eigenvalue weighted by molar-refractivity contribution is -0.137. The van der Waals surface area contributed by atoms with E-state index in [2.05, 4.69) is 11.1 Å². The molecule has 1 saturated heterocycles. The van der Waals surface area contributed by atoms with E-state index in [4.69, 9.17) is 4.74 Å². The van der Waals surface area contributed by atoms with Crippen LogP contribution in [0.1, 0.15) is 64.4 Å². The Kier molecular flexibility index (Phi) is 6.95. The Bertz CT molecular complexity index is 882. The van der Waals surface area contributed by atoms with Gasteiger partial charge in [0.15, 0.2) is 0 Å². The standard InChI is InChI=1S/C24H32N2O4/c1-24(2,3)30-23(29)26-12-10-17(11-13-26)14-18(8-9-22(27)28)20-15-19-6-4-5-7-21(19)25-16-20/h4-7,15-18H,8-14H2,1-3H3,(H,27,28)/t18-/m1/s1. The van der Waals surface area contributed by atoms with E-state index < -0.39 is 11.6 Å². The van der Waals surface area contributed by atoms with Crippen LogP contribution in [-0.2, 0) is 9.53 Å². The fraction of sp³-hybridized carbons (Fsp3) is 0.542. The number of carboxylic acids is 1. The summed E-state index contributed by atoms with van der Waals surface area (Å²) in [7, 11) is 0. The molecule has 1 aromatic heterocycles. The number of para-hydroxylation sites is 1. The largest absolute Gasteiger partial charge is 0.481 e. The summed E-state index contributed by atoms with van der Waals surface area (Å²) in [6.07, 6.45) is 5.12. The van der Waals surface area contributed by atoms with E-state index in [1.165, 1.54) is 0 Å². The van der Waals surface area contributed by atoms with Crippen molar-refractivity contribution >= 4 is 23.0 Å². The number of hydrogen-bond acceptors (Lipinski definition) is 4. The summed E-state index contributed by atoms with van der Waals surface area (Å²) >= 11 is 0. The van der Waals surface area contributed by atoms with Gasteiger partial charge in [-0.15, -0.1) is 0 Å². The number of aromatic nitrogens is 1. The van der Waals surface area contributed by atoms with E-state index in [0.717, 1.165) is 35.7 Å². The molecule has 1 aromatic carbocycles. The molecule has 3 rings (SSSR count). The molecule has 0 unspecified atom stereocenters. The van der Waals surface area contributed by atoms with Crippen molar-refractivity contribution in [3.05, 3.63) is 42.1 Å². The van der Waals surface area contributed by atoms with Gasteiger partial charge in [0.25, 0.3) is 0 Å². The van der Waals surface area contributed by atoms with Crippen molar-refractivity contribution < 1.29 is 19.4 Å². The number of aliphatic carboxylic acids is 1. The van der Waals surface area contributed by atoms with E-state index in [-0.39, 0.29) is 18.4 Å². The number of benzene rings is 1. The normalized spacial score (nSPS) is 16.4. The minimum atomic E-state index is -0.770. The molecule has 6 nitrogen and oxygen atoms in total. The van der Waals surface area contributed by atoms with Crippen molar-refractivity contribution in [3.8, 4) is 0 Å². The van der Waals surface area contributed by atoms with E-state index in [9.17, 15) is 14.7 Å². The summed E-state index contributed by atoms with van der Waals surface area (Å²) in [6, 6.07) is 10.1. The highest BCUT2D eigenvalue weighted by Gasteiger charge is 2.28. The van der Waals surface area contributed by atoms with Gasteiger partial charge in [0.1, 0.15) is 5.60 Å². The van der Waals surface area contributed by atoms with Crippen molar-refractivity contribution in [2.75, 3.05) is 13.1 Å². The Morgan fingerprint density at radius 2 is 1.93 bits per heavy atom. The zero-order valence-corrected chi connectivity index (χ0v) is 18.1. The van der Waals surface area contributed by atoms with Crippen LogP contribution in [0.4, 0.5) is 4.79 Å². The molecule has 1 amide bonds. The van der Waals surface area contributed by atoms with E-state index in [0.29, 0.717) is 25.4 Å². The van der Waals surface area contributed by atoms with Crippen LogP contribution in [-0.4, -0.2) is 45.7 Å². The number of fused-ring (bicyclic) bond motifs is 1. The summed E-state index contributed by atoms with van der Waals surface area (Å²) in [5, 5.41) is 10.3. The molecule has 1 fully saturated rings. The van der Waals surface area contributed by atoms with Crippen LogP contribution in [0.5, 0.6) is 0 Å². The Morgan fingerprint density at radius 3 is 2.60 bits per heavy atom. The third-order valence-corrected chi connectivity index (χ3v) is 5.67. The van der Waals surface area contributed by atoms with Crippen molar-refractivity contribution in [2.45, 2.75) is 64.4 Å². The second kappa shape index (κ2) is 9.45. The van der Waals surface area contributed by atoms with Crippen molar-refractivity contribution in [1.29, 1.82) is 0 Å². The minimum Gasteiger partial charge on any atom is -0.481 e. The van der Waals surface area contributed by atoms with Crippen LogP contribution in [0.25, 0.3) is 10.9 Å². The minimum absolute atomic E-state index is 0.147. The van der Waals surface area contributed by atoms with Gasteiger partial charge < -0.3 is 14.7 Å². The van der Waals surface area contributed by atoms with Crippen molar-refractivity contribution in [2.24, 2.45) is 5.92 Å². The second-order valence-electron chi connectivity index (χ2n) is 9.24. The fourth-order valence-electron chi connectivity index (χ4n) is 4.11. The number of ether oxygens (including phenoxy) is 1. The van der Waals surface area contributed by atoms with Crippen LogP contribution >= 0.6 is 0 Å². The molecular formula is C24H32N2O4.